The molecule has 2 aliphatic rings. The topological polar surface area (TPSA) is 41.6 Å². The Balaban J connectivity index is 1.72. The van der Waals surface area contributed by atoms with Crippen molar-refractivity contribution in [1.82, 2.24) is 10.2 Å². The summed E-state index contributed by atoms with van der Waals surface area (Å²) in [5, 5.41) is 3.13. The van der Waals surface area contributed by atoms with Gasteiger partial charge in [0.25, 0.3) is 0 Å². The van der Waals surface area contributed by atoms with E-state index in [0.717, 1.165) is 39.3 Å². The van der Waals surface area contributed by atoms with Gasteiger partial charge < -0.3 is 10.1 Å². The van der Waals surface area contributed by atoms with Gasteiger partial charge in [-0.1, -0.05) is 0 Å². The minimum Gasteiger partial charge on any atom is -0.379 e. The second-order valence-corrected chi connectivity index (χ2v) is 3.65. The van der Waals surface area contributed by atoms with Crippen LogP contribution in [-0.2, 0) is 9.53 Å². The second kappa shape index (κ2) is 4.17. The van der Waals surface area contributed by atoms with E-state index in [1.165, 1.54) is 0 Å². The van der Waals surface area contributed by atoms with E-state index >= 15 is 0 Å². The molecule has 0 aliphatic carbocycles. The maximum atomic E-state index is 11.5. The van der Waals surface area contributed by atoms with Crippen LogP contribution in [0.25, 0.3) is 0 Å². The minimum absolute atomic E-state index is 0.142. The van der Waals surface area contributed by atoms with Gasteiger partial charge in [-0.2, -0.15) is 0 Å². The molecule has 0 radical (unpaired) electrons. The zero-order valence-electron chi connectivity index (χ0n) is 7.79. The van der Waals surface area contributed by atoms with Crippen LogP contribution in [0.15, 0.2) is 0 Å². The Labute approximate surface area is 78.2 Å². The van der Waals surface area contributed by atoms with Gasteiger partial charge in [0.1, 0.15) is 0 Å². The number of carbonyl (C=O) groups excluding carboxylic acids is 1. The minimum atomic E-state index is 0.142. The fraction of sp³-hybridized carbons (Fsp3) is 0.889. The monoisotopic (exact) mass is 184 g/mol. The fourth-order valence-corrected chi connectivity index (χ4v) is 1.65. The summed E-state index contributed by atoms with van der Waals surface area (Å²) in [6, 6.07) is 0.142. The highest BCUT2D eigenvalue weighted by Crippen LogP contribution is 2.05. The van der Waals surface area contributed by atoms with E-state index in [1.54, 1.807) is 0 Å². The van der Waals surface area contributed by atoms with E-state index in [4.69, 9.17) is 4.74 Å². The van der Waals surface area contributed by atoms with Crippen molar-refractivity contribution in [1.29, 1.82) is 0 Å². The summed E-state index contributed by atoms with van der Waals surface area (Å²) in [7, 11) is 0. The van der Waals surface area contributed by atoms with Gasteiger partial charge in [-0.15, -0.1) is 0 Å². The number of ketones is 1. The first-order valence-electron chi connectivity index (χ1n) is 4.92. The number of nitrogens with zero attached hydrogens (tertiary/aromatic N) is 1. The summed E-state index contributed by atoms with van der Waals surface area (Å²) in [5.74, 6) is 0.341. The first-order chi connectivity index (χ1) is 6.36. The summed E-state index contributed by atoms with van der Waals surface area (Å²) < 4.78 is 5.21. The van der Waals surface area contributed by atoms with Crippen molar-refractivity contribution in [3.63, 3.8) is 0 Å². The molecule has 0 spiro atoms. The summed E-state index contributed by atoms with van der Waals surface area (Å²) >= 11 is 0. The maximum Gasteiger partial charge on any atom is 0.163 e. The fourth-order valence-electron chi connectivity index (χ4n) is 1.65. The molecule has 4 nitrogen and oxygen atoms in total. The molecule has 0 saturated carbocycles. The molecule has 1 unspecified atom stereocenters. The molecule has 4 heteroatoms. The molecule has 2 heterocycles. The van der Waals surface area contributed by atoms with E-state index in [1.807, 2.05) is 0 Å². The summed E-state index contributed by atoms with van der Waals surface area (Å²) in [5.41, 5.74) is 0. The molecule has 2 rings (SSSR count). The van der Waals surface area contributed by atoms with E-state index in [-0.39, 0.29) is 6.04 Å². The number of rotatable bonds is 3. The average molecular weight is 184 g/mol. The van der Waals surface area contributed by atoms with E-state index in [9.17, 15) is 4.79 Å². The number of hydrogen-bond acceptors (Lipinski definition) is 4. The Hall–Kier alpha value is -0.450. The number of hydrogen-bond donors (Lipinski definition) is 1. The van der Waals surface area contributed by atoms with Crippen LogP contribution in [0.1, 0.15) is 6.42 Å². The quantitative estimate of drug-likeness (QED) is 0.626. The van der Waals surface area contributed by atoms with Gasteiger partial charge in [0.15, 0.2) is 5.78 Å². The SMILES string of the molecule is O=C(CN1CCOCC1)C1CCN1. The van der Waals surface area contributed by atoms with Crippen molar-refractivity contribution in [2.45, 2.75) is 12.5 Å². The summed E-state index contributed by atoms with van der Waals surface area (Å²) in [6.07, 6.45) is 1.02. The van der Waals surface area contributed by atoms with Crippen LogP contribution in [0.4, 0.5) is 0 Å². The summed E-state index contributed by atoms with van der Waals surface area (Å²) in [6.45, 7) is 4.94. The predicted molar refractivity (Wildman–Crippen MR) is 48.7 cm³/mol. The molecule has 1 atom stereocenters. The third-order valence-corrected chi connectivity index (χ3v) is 2.70. The number of carbonyl (C=O) groups is 1. The van der Waals surface area contributed by atoms with Gasteiger partial charge in [-0.05, 0) is 13.0 Å². The smallest absolute Gasteiger partial charge is 0.163 e. The molecule has 0 bridgehead atoms. The molecule has 0 aromatic carbocycles. The van der Waals surface area contributed by atoms with Gasteiger partial charge in [0.05, 0.1) is 25.8 Å². The van der Waals surface area contributed by atoms with Crippen molar-refractivity contribution in [2.75, 3.05) is 39.4 Å². The maximum absolute atomic E-state index is 11.5. The molecule has 13 heavy (non-hydrogen) atoms. The molecule has 0 amide bonds. The third-order valence-electron chi connectivity index (χ3n) is 2.70. The lowest BCUT2D eigenvalue weighted by molar-refractivity contribution is -0.124. The van der Waals surface area contributed by atoms with Crippen molar-refractivity contribution in [3.05, 3.63) is 0 Å². The molecule has 0 aromatic heterocycles. The van der Waals surface area contributed by atoms with Crippen molar-refractivity contribution < 1.29 is 9.53 Å². The highest BCUT2D eigenvalue weighted by atomic mass is 16.5. The van der Waals surface area contributed by atoms with Crippen molar-refractivity contribution in [3.8, 4) is 0 Å². The summed E-state index contributed by atoms with van der Waals surface area (Å²) in [4.78, 5) is 13.7. The number of ether oxygens (including phenoxy) is 1. The van der Waals surface area contributed by atoms with Crippen LogP contribution < -0.4 is 5.32 Å². The van der Waals surface area contributed by atoms with Crippen molar-refractivity contribution in [2.24, 2.45) is 0 Å². The Morgan fingerprint density at radius 2 is 2.15 bits per heavy atom. The highest BCUT2D eigenvalue weighted by Gasteiger charge is 2.26. The standard InChI is InChI=1S/C9H16N2O2/c12-9(8-1-2-10-8)7-11-3-5-13-6-4-11/h8,10H,1-7H2. The van der Waals surface area contributed by atoms with E-state index < -0.39 is 0 Å². The lowest BCUT2D eigenvalue weighted by Gasteiger charge is -2.31. The Morgan fingerprint density at radius 1 is 1.46 bits per heavy atom. The van der Waals surface area contributed by atoms with Crippen LogP contribution in [0.3, 0.4) is 0 Å². The molecule has 1 N–H and O–H groups in total. The highest BCUT2D eigenvalue weighted by molar-refractivity contribution is 5.86. The van der Waals surface area contributed by atoms with Crippen molar-refractivity contribution >= 4 is 5.78 Å². The van der Waals surface area contributed by atoms with Crippen LogP contribution in [0.2, 0.25) is 0 Å². The van der Waals surface area contributed by atoms with Gasteiger partial charge in [-0.3, -0.25) is 9.69 Å². The molecular weight excluding hydrogens is 168 g/mol. The molecule has 0 aromatic rings. The van der Waals surface area contributed by atoms with Gasteiger partial charge in [-0.25, -0.2) is 0 Å². The van der Waals surface area contributed by atoms with Crippen LogP contribution >= 0.6 is 0 Å². The Kier molecular flexibility index (Phi) is 2.93. The normalized spacial score (nSPS) is 29.7. The molecular formula is C9H16N2O2. The van der Waals surface area contributed by atoms with Gasteiger partial charge in [0, 0.05) is 13.1 Å². The average Bonchev–Trinajstić information content (AvgIpc) is 2.02. The third kappa shape index (κ3) is 2.27. The van der Waals surface area contributed by atoms with Gasteiger partial charge >= 0.3 is 0 Å². The molecule has 2 saturated heterocycles. The van der Waals surface area contributed by atoms with Crippen LogP contribution in [-0.4, -0.2) is 56.1 Å². The van der Waals surface area contributed by atoms with Gasteiger partial charge in [0.2, 0.25) is 0 Å². The van der Waals surface area contributed by atoms with Crippen LogP contribution in [0, 0.1) is 0 Å². The molecule has 74 valence electrons. The molecule has 2 aliphatic heterocycles. The first kappa shape index (κ1) is 9.12. The van der Waals surface area contributed by atoms with E-state index in [0.29, 0.717) is 12.3 Å². The number of Topliss-reactive ketones (excluding diaryl/α,β-unsaturated/α-hetero) is 1. The second-order valence-electron chi connectivity index (χ2n) is 3.65. The lowest BCUT2D eigenvalue weighted by Crippen LogP contribution is -2.52. The zero-order chi connectivity index (χ0) is 9.10. The largest absolute Gasteiger partial charge is 0.379 e. The molecule has 2 fully saturated rings. The number of morpholine rings is 1. The Morgan fingerprint density at radius 3 is 2.69 bits per heavy atom. The predicted octanol–water partition coefficient (Wildman–Crippen LogP) is -0.750. The first-order valence-corrected chi connectivity index (χ1v) is 4.92. The lowest BCUT2D eigenvalue weighted by atomic mass is 10.0. The number of nitrogens with one attached hydrogen (secondary N) is 1. The van der Waals surface area contributed by atoms with Crippen LogP contribution in [0.5, 0.6) is 0 Å². The van der Waals surface area contributed by atoms with E-state index in [2.05, 4.69) is 10.2 Å². The Bertz CT molecular complexity index is 186. The zero-order valence-corrected chi connectivity index (χ0v) is 7.79.